The molecule has 26 heavy (non-hydrogen) atoms. The molecule has 0 spiro atoms. The van der Waals surface area contributed by atoms with Gasteiger partial charge < -0.3 is 0 Å². The summed E-state index contributed by atoms with van der Waals surface area (Å²) in [7, 11) is 1.87. The number of hydrogen-bond acceptors (Lipinski definition) is 5. The van der Waals surface area contributed by atoms with E-state index in [0.29, 0.717) is 6.42 Å². The number of rotatable bonds is 3. The molecule has 0 aliphatic heterocycles. The highest BCUT2D eigenvalue weighted by atomic mass is 16.1. The number of Topliss-reactive ketones (excluding diaryl/α,β-unsaturated/α-hetero) is 1. The fraction of sp³-hybridized carbons (Fsp3) is 0.278. The Hall–Kier alpha value is -3.29. The van der Waals surface area contributed by atoms with Crippen molar-refractivity contribution in [1.29, 1.82) is 0 Å². The van der Waals surface area contributed by atoms with Gasteiger partial charge in [-0.05, 0) is 18.9 Å². The van der Waals surface area contributed by atoms with Crippen molar-refractivity contribution in [2.45, 2.75) is 25.3 Å². The van der Waals surface area contributed by atoms with E-state index in [1.807, 2.05) is 36.2 Å². The summed E-state index contributed by atoms with van der Waals surface area (Å²) in [4.78, 5) is 16.9. The van der Waals surface area contributed by atoms with E-state index >= 15 is 0 Å². The molecule has 1 aliphatic carbocycles. The van der Waals surface area contributed by atoms with Gasteiger partial charge in [-0.25, -0.2) is 9.50 Å². The summed E-state index contributed by atoms with van der Waals surface area (Å²) in [5.74, 6) is 0.256. The number of nitrogens with zero attached hydrogens (tertiary/aromatic N) is 7. The summed E-state index contributed by atoms with van der Waals surface area (Å²) in [5, 5.41) is 13.0. The van der Waals surface area contributed by atoms with Crippen molar-refractivity contribution in [1.82, 2.24) is 34.2 Å². The Kier molecular flexibility index (Phi) is 3.24. The highest BCUT2D eigenvalue weighted by Gasteiger charge is 2.27. The van der Waals surface area contributed by atoms with Crippen molar-refractivity contribution < 1.29 is 4.79 Å². The van der Waals surface area contributed by atoms with Crippen LogP contribution in [0.2, 0.25) is 0 Å². The lowest BCUT2D eigenvalue weighted by molar-refractivity contribution is -0.120. The maximum atomic E-state index is 12.0. The quantitative estimate of drug-likeness (QED) is 0.568. The van der Waals surface area contributed by atoms with Gasteiger partial charge in [0.15, 0.2) is 5.78 Å². The maximum absolute atomic E-state index is 12.0. The number of aromatic nitrogens is 7. The van der Waals surface area contributed by atoms with E-state index in [2.05, 4.69) is 15.3 Å². The highest BCUT2D eigenvalue weighted by Crippen LogP contribution is 2.30. The third-order valence-electron chi connectivity index (χ3n) is 4.86. The Morgan fingerprint density at radius 3 is 2.73 bits per heavy atom. The van der Waals surface area contributed by atoms with Crippen LogP contribution in [0.4, 0.5) is 0 Å². The molecule has 1 aliphatic rings. The van der Waals surface area contributed by atoms with Crippen molar-refractivity contribution in [3.8, 4) is 22.5 Å². The van der Waals surface area contributed by atoms with E-state index in [9.17, 15) is 4.79 Å². The summed E-state index contributed by atoms with van der Waals surface area (Å²) in [6.07, 6.45) is 13.4. The summed E-state index contributed by atoms with van der Waals surface area (Å²) in [6.45, 7) is 0. The van der Waals surface area contributed by atoms with Crippen molar-refractivity contribution in [3.63, 3.8) is 0 Å². The van der Waals surface area contributed by atoms with E-state index in [0.717, 1.165) is 40.9 Å². The molecular weight excluding hydrogens is 330 g/mol. The molecule has 130 valence electrons. The first-order chi connectivity index (χ1) is 12.7. The molecule has 4 aromatic heterocycles. The average molecular weight is 347 g/mol. The van der Waals surface area contributed by atoms with Crippen LogP contribution in [0.25, 0.3) is 28.0 Å². The molecule has 8 heteroatoms. The Morgan fingerprint density at radius 1 is 1.08 bits per heavy atom. The van der Waals surface area contributed by atoms with Gasteiger partial charge in [0.2, 0.25) is 0 Å². The number of hydrogen-bond donors (Lipinski definition) is 0. The zero-order chi connectivity index (χ0) is 17.7. The minimum Gasteiger partial charge on any atom is -0.297 e. The van der Waals surface area contributed by atoms with Crippen LogP contribution in [0.15, 0.2) is 43.2 Å². The van der Waals surface area contributed by atoms with Gasteiger partial charge >= 0.3 is 0 Å². The highest BCUT2D eigenvalue weighted by molar-refractivity contribution is 5.84. The smallest absolute Gasteiger partial charge is 0.157 e. The van der Waals surface area contributed by atoms with Crippen LogP contribution in [0.3, 0.4) is 0 Å². The van der Waals surface area contributed by atoms with Gasteiger partial charge in [-0.3, -0.25) is 14.2 Å². The molecule has 0 bridgehead atoms. The van der Waals surface area contributed by atoms with Crippen LogP contribution in [0, 0.1) is 0 Å². The first-order valence-corrected chi connectivity index (χ1v) is 8.60. The third kappa shape index (κ3) is 2.33. The topological polar surface area (TPSA) is 82.9 Å². The van der Waals surface area contributed by atoms with Crippen LogP contribution in [-0.2, 0) is 11.8 Å². The predicted molar refractivity (Wildman–Crippen MR) is 94.3 cm³/mol. The van der Waals surface area contributed by atoms with E-state index in [1.165, 1.54) is 0 Å². The van der Waals surface area contributed by atoms with Crippen LogP contribution in [-0.4, -0.2) is 39.9 Å². The molecule has 0 amide bonds. The molecule has 4 heterocycles. The van der Waals surface area contributed by atoms with Crippen molar-refractivity contribution in [3.05, 3.63) is 43.2 Å². The molecule has 0 saturated heterocycles. The second-order valence-corrected chi connectivity index (χ2v) is 6.62. The summed E-state index contributed by atoms with van der Waals surface area (Å²) < 4.78 is 5.33. The fourth-order valence-corrected chi connectivity index (χ4v) is 3.54. The van der Waals surface area contributed by atoms with Crippen molar-refractivity contribution >= 4 is 11.3 Å². The second-order valence-electron chi connectivity index (χ2n) is 6.62. The Morgan fingerprint density at radius 2 is 1.96 bits per heavy atom. The standard InChI is InChI=1S/C18H17N7O/c1-23-9-12(7-20-23)14-11-25-16(5-6-19-25)18(22-14)13-8-21-24(10-13)15-3-2-4-17(15)26/h5-11,15H,2-4H2,1H3. The molecule has 4 aromatic rings. The van der Waals surface area contributed by atoms with Gasteiger partial charge in [0, 0.05) is 37.0 Å². The minimum atomic E-state index is -0.147. The molecule has 0 radical (unpaired) electrons. The first-order valence-electron chi connectivity index (χ1n) is 8.60. The summed E-state index contributed by atoms with van der Waals surface area (Å²) in [6, 6.07) is 1.78. The van der Waals surface area contributed by atoms with Crippen LogP contribution >= 0.6 is 0 Å². The second kappa shape index (κ2) is 5.62. The first kappa shape index (κ1) is 15.0. The van der Waals surface area contributed by atoms with Gasteiger partial charge in [0.05, 0.1) is 41.7 Å². The molecular formula is C18H17N7O. The van der Waals surface area contributed by atoms with E-state index in [-0.39, 0.29) is 11.8 Å². The third-order valence-corrected chi connectivity index (χ3v) is 4.86. The molecule has 1 atom stereocenters. The number of ketones is 1. The number of aryl methyl sites for hydroxylation is 1. The number of carbonyl (C=O) groups is 1. The van der Waals surface area contributed by atoms with Gasteiger partial charge in [-0.2, -0.15) is 15.3 Å². The van der Waals surface area contributed by atoms with Crippen LogP contribution < -0.4 is 0 Å². The minimum absolute atomic E-state index is 0.147. The molecule has 0 aromatic carbocycles. The molecule has 1 fully saturated rings. The number of fused-ring (bicyclic) bond motifs is 1. The van der Waals surface area contributed by atoms with Crippen molar-refractivity contribution in [2.75, 3.05) is 0 Å². The lowest BCUT2D eigenvalue weighted by atomic mass is 10.2. The SMILES string of the molecule is Cn1cc(-c2cn3nccc3c(-c3cnn(C4CCCC4=O)c3)n2)cn1. The van der Waals surface area contributed by atoms with E-state index < -0.39 is 0 Å². The summed E-state index contributed by atoms with van der Waals surface area (Å²) in [5.41, 5.74) is 4.27. The zero-order valence-corrected chi connectivity index (χ0v) is 14.3. The van der Waals surface area contributed by atoms with Crippen molar-refractivity contribution in [2.24, 2.45) is 7.05 Å². The monoisotopic (exact) mass is 347 g/mol. The molecule has 0 N–H and O–H groups in total. The molecule has 1 saturated carbocycles. The normalized spacial score (nSPS) is 17.4. The largest absolute Gasteiger partial charge is 0.297 e. The van der Waals surface area contributed by atoms with Crippen LogP contribution in [0.5, 0.6) is 0 Å². The van der Waals surface area contributed by atoms with Gasteiger partial charge in [0.25, 0.3) is 0 Å². The molecule has 5 rings (SSSR count). The van der Waals surface area contributed by atoms with E-state index in [1.54, 1.807) is 28.0 Å². The Balaban J connectivity index is 1.63. The lowest BCUT2D eigenvalue weighted by Gasteiger charge is -2.08. The molecule has 8 nitrogen and oxygen atoms in total. The average Bonchev–Trinajstić information content (AvgIpc) is 3.40. The van der Waals surface area contributed by atoms with Crippen LogP contribution in [0.1, 0.15) is 25.3 Å². The zero-order valence-electron chi connectivity index (χ0n) is 14.3. The number of carbonyl (C=O) groups excluding carboxylic acids is 1. The Bertz CT molecular complexity index is 1120. The Labute approximate surface area is 149 Å². The van der Waals surface area contributed by atoms with Gasteiger partial charge in [0.1, 0.15) is 6.04 Å². The predicted octanol–water partition coefficient (Wildman–Crippen LogP) is 2.29. The van der Waals surface area contributed by atoms with E-state index in [4.69, 9.17) is 4.98 Å². The maximum Gasteiger partial charge on any atom is 0.157 e. The van der Waals surface area contributed by atoms with Gasteiger partial charge in [-0.1, -0.05) is 0 Å². The fourth-order valence-electron chi connectivity index (χ4n) is 3.54. The van der Waals surface area contributed by atoms with Gasteiger partial charge in [-0.15, -0.1) is 0 Å². The summed E-state index contributed by atoms with van der Waals surface area (Å²) >= 11 is 0. The molecule has 1 unspecified atom stereocenters. The lowest BCUT2D eigenvalue weighted by Crippen LogP contribution is -2.13.